The predicted octanol–water partition coefficient (Wildman–Crippen LogP) is 3.38. The molecule has 0 amide bonds. The molecule has 0 saturated heterocycles. The molecule has 0 bridgehead atoms. The van der Waals surface area contributed by atoms with Gasteiger partial charge in [0.05, 0.1) is 12.7 Å². The second-order valence-corrected chi connectivity index (χ2v) is 5.37. The Labute approximate surface area is 125 Å². The van der Waals surface area contributed by atoms with E-state index in [2.05, 4.69) is 4.74 Å². The molecule has 1 aromatic rings. The molecule has 0 aromatic heterocycles. The van der Waals surface area contributed by atoms with Crippen molar-refractivity contribution in [2.75, 3.05) is 7.11 Å². The fourth-order valence-electron chi connectivity index (χ4n) is 1.44. The third-order valence-corrected chi connectivity index (χ3v) is 2.38. The summed E-state index contributed by atoms with van der Waals surface area (Å²) in [5, 5.41) is 0. The summed E-state index contributed by atoms with van der Waals surface area (Å²) in [4.78, 5) is 22.7. The molecule has 4 heteroatoms. The van der Waals surface area contributed by atoms with Crippen molar-refractivity contribution in [2.24, 2.45) is 0 Å². The first-order chi connectivity index (χ1) is 9.81. The molecule has 21 heavy (non-hydrogen) atoms. The molecule has 0 fully saturated rings. The average molecular weight is 288 g/mol. The van der Waals surface area contributed by atoms with E-state index >= 15 is 0 Å². The molecule has 1 rings (SSSR count). The number of rotatable bonds is 4. The van der Waals surface area contributed by atoms with Gasteiger partial charge < -0.3 is 9.47 Å². The van der Waals surface area contributed by atoms with Gasteiger partial charge in [-0.2, -0.15) is 0 Å². The summed E-state index contributed by atoms with van der Waals surface area (Å²) in [6, 6.07) is 7.03. The Balaban J connectivity index is 2.66. The van der Waals surface area contributed by atoms with Crippen molar-refractivity contribution in [3.63, 3.8) is 0 Å². The van der Waals surface area contributed by atoms with Crippen LogP contribution in [0.25, 0.3) is 6.08 Å². The number of hydrogen-bond donors (Lipinski definition) is 0. The van der Waals surface area contributed by atoms with E-state index in [9.17, 15) is 9.59 Å². The van der Waals surface area contributed by atoms with Crippen LogP contribution in [0.3, 0.4) is 0 Å². The standard InChI is InChI=1S/C17H20O4/c1-17(2,3)21-16(19)14-11-9-13(10-12-14)7-5-6-8-15(18)20-4/h5-12H,1-4H3/b7-5+,8-6+. The Morgan fingerprint density at radius 1 is 1.05 bits per heavy atom. The van der Waals surface area contributed by atoms with Crippen LogP contribution in [0.4, 0.5) is 0 Å². The van der Waals surface area contributed by atoms with E-state index in [0.717, 1.165) is 5.56 Å². The molecule has 0 spiro atoms. The zero-order valence-electron chi connectivity index (χ0n) is 12.8. The highest BCUT2D eigenvalue weighted by Crippen LogP contribution is 2.13. The van der Waals surface area contributed by atoms with Gasteiger partial charge in [0.2, 0.25) is 0 Å². The molecule has 0 heterocycles. The second-order valence-electron chi connectivity index (χ2n) is 5.37. The Kier molecular flexibility index (Phi) is 5.91. The van der Waals surface area contributed by atoms with Crippen LogP contribution in [-0.4, -0.2) is 24.6 Å². The van der Waals surface area contributed by atoms with Crippen LogP contribution in [0.5, 0.6) is 0 Å². The molecule has 0 aliphatic heterocycles. The Bertz CT molecular complexity index is 545. The first-order valence-corrected chi connectivity index (χ1v) is 6.58. The molecule has 1 aromatic carbocycles. The van der Waals surface area contributed by atoms with Gasteiger partial charge in [0.15, 0.2) is 0 Å². The molecule has 0 N–H and O–H groups in total. The summed E-state index contributed by atoms with van der Waals surface area (Å²) in [5.74, 6) is -0.747. The van der Waals surface area contributed by atoms with E-state index < -0.39 is 11.6 Å². The molecular formula is C17H20O4. The fourth-order valence-corrected chi connectivity index (χ4v) is 1.44. The predicted molar refractivity (Wildman–Crippen MR) is 81.8 cm³/mol. The van der Waals surface area contributed by atoms with Gasteiger partial charge in [0.1, 0.15) is 5.60 Å². The zero-order chi connectivity index (χ0) is 15.9. The molecule has 0 saturated carbocycles. The summed E-state index contributed by atoms with van der Waals surface area (Å²) < 4.78 is 9.75. The Morgan fingerprint density at radius 2 is 1.67 bits per heavy atom. The van der Waals surface area contributed by atoms with E-state index in [0.29, 0.717) is 5.56 Å². The van der Waals surface area contributed by atoms with Gasteiger partial charge in [0.25, 0.3) is 0 Å². The highest BCUT2D eigenvalue weighted by Gasteiger charge is 2.17. The van der Waals surface area contributed by atoms with E-state index in [1.807, 2.05) is 39.0 Å². The van der Waals surface area contributed by atoms with Crippen LogP contribution in [0.15, 0.2) is 42.5 Å². The van der Waals surface area contributed by atoms with Gasteiger partial charge in [-0.15, -0.1) is 0 Å². The lowest BCUT2D eigenvalue weighted by atomic mass is 10.1. The number of carbonyl (C=O) groups excluding carboxylic acids is 2. The SMILES string of the molecule is COC(=O)/C=C/C=C/c1ccc(C(=O)OC(C)(C)C)cc1. The maximum Gasteiger partial charge on any atom is 0.338 e. The van der Waals surface area contributed by atoms with Crippen LogP contribution < -0.4 is 0 Å². The van der Waals surface area contributed by atoms with Crippen molar-refractivity contribution >= 4 is 18.0 Å². The first kappa shape index (κ1) is 16.7. The van der Waals surface area contributed by atoms with Crippen LogP contribution >= 0.6 is 0 Å². The minimum absolute atomic E-state index is 0.344. The summed E-state index contributed by atoms with van der Waals surface area (Å²) in [5.41, 5.74) is 0.915. The monoisotopic (exact) mass is 288 g/mol. The maximum absolute atomic E-state index is 11.8. The van der Waals surface area contributed by atoms with Crippen molar-refractivity contribution in [1.29, 1.82) is 0 Å². The second kappa shape index (κ2) is 7.43. The maximum atomic E-state index is 11.8. The Morgan fingerprint density at radius 3 is 2.19 bits per heavy atom. The lowest BCUT2D eigenvalue weighted by Crippen LogP contribution is -2.23. The van der Waals surface area contributed by atoms with E-state index in [1.165, 1.54) is 13.2 Å². The van der Waals surface area contributed by atoms with Crippen molar-refractivity contribution < 1.29 is 19.1 Å². The number of carbonyl (C=O) groups is 2. The van der Waals surface area contributed by atoms with Crippen LogP contribution in [0.2, 0.25) is 0 Å². The average Bonchev–Trinajstić information content (AvgIpc) is 2.42. The lowest BCUT2D eigenvalue weighted by molar-refractivity contribution is -0.134. The largest absolute Gasteiger partial charge is 0.466 e. The number of methoxy groups -OCH3 is 1. The first-order valence-electron chi connectivity index (χ1n) is 6.58. The molecule has 112 valence electrons. The molecule has 0 atom stereocenters. The number of esters is 2. The third-order valence-electron chi connectivity index (χ3n) is 2.38. The molecule has 0 aliphatic carbocycles. The van der Waals surface area contributed by atoms with Crippen molar-refractivity contribution in [1.82, 2.24) is 0 Å². The summed E-state index contributed by atoms with van der Waals surface area (Å²) in [7, 11) is 1.33. The van der Waals surface area contributed by atoms with E-state index in [4.69, 9.17) is 4.74 Å². The fraction of sp³-hybridized carbons (Fsp3) is 0.294. The minimum atomic E-state index is -0.506. The normalized spacial score (nSPS) is 11.8. The lowest BCUT2D eigenvalue weighted by Gasteiger charge is -2.19. The third kappa shape index (κ3) is 6.56. The van der Waals surface area contributed by atoms with Crippen molar-refractivity contribution in [2.45, 2.75) is 26.4 Å². The van der Waals surface area contributed by atoms with E-state index in [1.54, 1.807) is 24.3 Å². The number of benzene rings is 1. The minimum Gasteiger partial charge on any atom is -0.466 e. The molecule has 0 unspecified atom stereocenters. The van der Waals surface area contributed by atoms with Gasteiger partial charge >= 0.3 is 11.9 Å². The van der Waals surface area contributed by atoms with Gasteiger partial charge in [-0.05, 0) is 38.5 Å². The smallest absolute Gasteiger partial charge is 0.338 e. The highest BCUT2D eigenvalue weighted by atomic mass is 16.6. The van der Waals surface area contributed by atoms with Crippen molar-refractivity contribution in [3.8, 4) is 0 Å². The summed E-state index contributed by atoms with van der Waals surface area (Å²) in [6.45, 7) is 5.49. The van der Waals surface area contributed by atoms with Crippen molar-refractivity contribution in [3.05, 3.63) is 53.6 Å². The topological polar surface area (TPSA) is 52.6 Å². The van der Waals surface area contributed by atoms with Crippen LogP contribution in [0, 0.1) is 0 Å². The molecular weight excluding hydrogens is 268 g/mol. The molecule has 0 radical (unpaired) electrons. The quantitative estimate of drug-likeness (QED) is 0.484. The van der Waals surface area contributed by atoms with E-state index in [-0.39, 0.29) is 5.97 Å². The molecule has 4 nitrogen and oxygen atoms in total. The highest BCUT2D eigenvalue weighted by molar-refractivity contribution is 5.90. The molecule has 0 aliphatic rings. The van der Waals surface area contributed by atoms with Gasteiger partial charge in [-0.1, -0.05) is 30.4 Å². The number of hydrogen-bond acceptors (Lipinski definition) is 4. The Hall–Kier alpha value is -2.36. The van der Waals surface area contributed by atoms with Crippen LogP contribution in [-0.2, 0) is 14.3 Å². The zero-order valence-corrected chi connectivity index (χ0v) is 12.8. The number of ether oxygens (including phenoxy) is 2. The summed E-state index contributed by atoms with van der Waals surface area (Å²) in [6.07, 6.45) is 6.46. The van der Waals surface area contributed by atoms with Gasteiger partial charge in [-0.3, -0.25) is 0 Å². The summed E-state index contributed by atoms with van der Waals surface area (Å²) >= 11 is 0. The van der Waals surface area contributed by atoms with Gasteiger partial charge in [-0.25, -0.2) is 9.59 Å². The van der Waals surface area contributed by atoms with Gasteiger partial charge in [0, 0.05) is 6.08 Å². The number of allylic oxidation sites excluding steroid dienone is 2. The van der Waals surface area contributed by atoms with Crippen LogP contribution in [0.1, 0.15) is 36.7 Å².